The predicted molar refractivity (Wildman–Crippen MR) is 201 cm³/mol. The molecule has 5 nitrogen and oxygen atoms in total. The maximum Gasteiger partial charge on any atom is 0.344 e. The Morgan fingerprint density at radius 1 is 0.792 bits per heavy atom. The van der Waals surface area contributed by atoms with Crippen LogP contribution in [0.4, 0.5) is 0 Å². The molecule has 0 aliphatic heterocycles. The third kappa shape index (κ3) is 12.7. The fourth-order valence-corrected chi connectivity index (χ4v) is 6.36. The van der Waals surface area contributed by atoms with Gasteiger partial charge in [0, 0.05) is 11.5 Å². The molecule has 3 rings (SSSR count). The Morgan fingerprint density at radius 2 is 1.44 bits per heavy atom. The lowest BCUT2D eigenvalue weighted by Gasteiger charge is -2.34. The van der Waals surface area contributed by atoms with E-state index in [0.29, 0.717) is 36.2 Å². The molecule has 1 heterocycles. The second kappa shape index (κ2) is 18.6. The highest BCUT2D eigenvalue weighted by Gasteiger charge is 2.36. The first-order chi connectivity index (χ1) is 22.7. The number of ether oxygens (including phenoxy) is 2. The lowest BCUT2D eigenvalue weighted by molar-refractivity contribution is -0.155. The monoisotopic (exact) mass is 660 g/mol. The van der Waals surface area contributed by atoms with Gasteiger partial charge in [0.25, 0.3) is 0 Å². The van der Waals surface area contributed by atoms with Crippen molar-refractivity contribution in [1.82, 2.24) is 0 Å². The topological polar surface area (TPSA) is 65.7 Å². The van der Waals surface area contributed by atoms with E-state index in [1.165, 1.54) is 24.8 Å². The smallest absolute Gasteiger partial charge is 0.344 e. The molecule has 2 aromatic carbocycles. The van der Waals surface area contributed by atoms with Crippen LogP contribution in [0, 0.1) is 28.6 Å². The average Bonchev–Trinajstić information content (AvgIpc) is 3.03. The molecule has 0 aliphatic rings. The summed E-state index contributed by atoms with van der Waals surface area (Å²) < 4.78 is 17.9. The Labute approximate surface area is 291 Å². The summed E-state index contributed by atoms with van der Waals surface area (Å²) in [5, 5.41) is 0.885. The largest absolute Gasteiger partial charge is 0.493 e. The van der Waals surface area contributed by atoms with E-state index < -0.39 is 0 Å². The Morgan fingerprint density at radius 3 is 2.02 bits per heavy atom. The first kappa shape index (κ1) is 39.4. The molecule has 3 unspecified atom stereocenters. The Kier molecular flexibility index (Phi) is 15.3. The van der Waals surface area contributed by atoms with Crippen LogP contribution < -0.4 is 10.4 Å². The van der Waals surface area contributed by atoms with Crippen LogP contribution in [0.25, 0.3) is 22.1 Å². The van der Waals surface area contributed by atoms with Crippen molar-refractivity contribution < 1.29 is 18.7 Å². The molecule has 0 saturated carbocycles. The molecular formula is C43H64O5. The van der Waals surface area contributed by atoms with Gasteiger partial charge in [-0.25, -0.2) is 4.79 Å². The Hall–Kier alpha value is -3.08. The molecule has 0 saturated heterocycles. The second-order valence-corrected chi connectivity index (χ2v) is 16.3. The van der Waals surface area contributed by atoms with Crippen molar-refractivity contribution in [2.24, 2.45) is 28.6 Å². The van der Waals surface area contributed by atoms with Crippen LogP contribution in [0.1, 0.15) is 132 Å². The molecular weight excluding hydrogens is 596 g/mol. The van der Waals surface area contributed by atoms with Gasteiger partial charge in [-0.15, -0.1) is 0 Å². The van der Waals surface area contributed by atoms with Crippen LogP contribution in [0.2, 0.25) is 0 Å². The zero-order valence-corrected chi connectivity index (χ0v) is 31.6. The molecule has 0 radical (unpaired) electrons. The van der Waals surface area contributed by atoms with Crippen LogP contribution >= 0.6 is 0 Å². The lowest BCUT2D eigenvalue weighted by atomic mass is 9.72. The number of hydrogen-bond donors (Lipinski definition) is 0. The number of rotatable bonds is 19. The second-order valence-electron chi connectivity index (χ2n) is 16.3. The first-order valence-electron chi connectivity index (χ1n) is 18.7. The zero-order valence-electron chi connectivity index (χ0n) is 31.6. The highest BCUT2D eigenvalue weighted by molar-refractivity contribution is 5.82. The molecule has 0 amide bonds. The van der Waals surface area contributed by atoms with E-state index in [9.17, 15) is 9.59 Å². The summed E-state index contributed by atoms with van der Waals surface area (Å²) in [6, 6.07) is 16.0. The molecule has 0 N–H and O–H groups in total. The van der Waals surface area contributed by atoms with E-state index in [4.69, 9.17) is 13.9 Å². The van der Waals surface area contributed by atoms with Crippen molar-refractivity contribution >= 4 is 16.9 Å². The summed E-state index contributed by atoms with van der Waals surface area (Å²) in [5.74, 6) is 1.42. The van der Waals surface area contributed by atoms with Crippen molar-refractivity contribution in [1.29, 1.82) is 0 Å². The van der Waals surface area contributed by atoms with Crippen molar-refractivity contribution in [3.05, 3.63) is 64.5 Å². The number of benzene rings is 2. The Balaban J connectivity index is 1.48. The van der Waals surface area contributed by atoms with Crippen LogP contribution in [0.3, 0.4) is 0 Å². The molecule has 266 valence electrons. The molecule has 0 spiro atoms. The van der Waals surface area contributed by atoms with Gasteiger partial charge >= 0.3 is 11.6 Å². The average molecular weight is 661 g/mol. The summed E-state index contributed by atoms with van der Waals surface area (Å²) in [6.45, 7) is 20.7. The van der Waals surface area contributed by atoms with Gasteiger partial charge in [-0.1, -0.05) is 125 Å². The van der Waals surface area contributed by atoms with Crippen LogP contribution in [-0.4, -0.2) is 19.2 Å². The van der Waals surface area contributed by atoms with E-state index in [1.54, 1.807) is 0 Å². The highest BCUT2D eigenvalue weighted by atomic mass is 16.5. The minimum absolute atomic E-state index is 0.0460. The number of esters is 1. The van der Waals surface area contributed by atoms with Crippen LogP contribution in [-0.2, 0) is 16.0 Å². The fraction of sp³-hybridized carbons (Fsp3) is 0.628. The molecule has 1 aromatic heterocycles. The van der Waals surface area contributed by atoms with Gasteiger partial charge in [-0.2, -0.15) is 0 Å². The number of carbonyl (C=O) groups excluding carboxylic acids is 1. The summed E-state index contributed by atoms with van der Waals surface area (Å²) in [7, 11) is 0. The summed E-state index contributed by atoms with van der Waals surface area (Å²) in [5.41, 5.74) is 2.94. The van der Waals surface area contributed by atoms with Gasteiger partial charge in [0.1, 0.15) is 11.3 Å². The third-order valence-corrected chi connectivity index (χ3v) is 9.76. The maximum atomic E-state index is 13.1. The maximum absolute atomic E-state index is 13.1. The van der Waals surface area contributed by atoms with Gasteiger partial charge in [-0.3, -0.25) is 4.79 Å². The SMILES string of the molecule is CCCCCc1ccc(-c2cc3ccc(OCC(CC)CCCCC(CC)COC(=O)C(CC(C)(C)C)C(C)(C)C)cc3oc2=O)cc1. The zero-order chi connectivity index (χ0) is 35.3. The van der Waals surface area contributed by atoms with E-state index in [0.717, 1.165) is 68.1 Å². The van der Waals surface area contributed by atoms with E-state index in [1.807, 2.05) is 36.4 Å². The van der Waals surface area contributed by atoms with Gasteiger partial charge in [0.15, 0.2) is 0 Å². The highest BCUT2D eigenvalue weighted by Crippen LogP contribution is 2.37. The molecule has 48 heavy (non-hydrogen) atoms. The third-order valence-electron chi connectivity index (χ3n) is 9.76. The number of unbranched alkanes of at least 4 members (excludes halogenated alkanes) is 3. The van der Waals surface area contributed by atoms with Gasteiger partial charge < -0.3 is 13.9 Å². The number of aryl methyl sites for hydroxylation is 1. The fourth-order valence-electron chi connectivity index (χ4n) is 6.36. The minimum atomic E-state index is -0.330. The Bertz CT molecular complexity index is 1450. The minimum Gasteiger partial charge on any atom is -0.493 e. The molecule has 5 heteroatoms. The van der Waals surface area contributed by atoms with Gasteiger partial charge in [-0.05, 0) is 84.1 Å². The number of hydrogen-bond acceptors (Lipinski definition) is 5. The van der Waals surface area contributed by atoms with Gasteiger partial charge in [0.05, 0.1) is 24.7 Å². The first-order valence-corrected chi connectivity index (χ1v) is 18.7. The molecule has 0 aliphatic carbocycles. The van der Waals surface area contributed by atoms with Crippen LogP contribution in [0.5, 0.6) is 5.75 Å². The van der Waals surface area contributed by atoms with E-state index in [2.05, 4.69) is 74.4 Å². The van der Waals surface area contributed by atoms with E-state index >= 15 is 0 Å². The van der Waals surface area contributed by atoms with Crippen molar-refractivity contribution in [3.63, 3.8) is 0 Å². The normalized spacial score (nSPS) is 14.1. The number of fused-ring (bicyclic) bond motifs is 1. The number of carbonyl (C=O) groups is 1. The molecule has 0 fully saturated rings. The van der Waals surface area contributed by atoms with Crippen molar-refractivity contribution in [3.8, 4) is 16.9 Å². The molecule has 3 atom stereocenters. The van der Waals surface area contributed by atoms with Gasteiger partial charge in [0.2, 0.25) is 0 Å². The molecule has 0 bridgehead atoms. The predicted octanol–water partition coefficient (Wildman–Crippen LogP) is 11.8. The lowest BCUT2D eigenvalue weighted by Crippen LogP contribution is -2.34. The summed E-state index contributed by atoms with van der Waals surface area (Å²) in [6.07, 6.45) is 12.0. The quantitative estimate of drug-likeness (QED) is 0.0727. The van der Waals surface area contributed by atoms with Crippen molar-refractivity contribution in [2.45, 2.75) is 133 Å². The standard InChI is InChI=1S/C43H64O5/c1-10-13-14-19-33-20-22-34(23-21-33)37-26-35-24-25-36(27-39(35)48-40(37)44)46-29-31(11-2)17-15-16-18-32(12-3)30-47-41(45)38(43(7,8)9)28-42(4,5)6/h20-27,31-32,38H,10-19,28-30H2,1-9H3. The molecule has 3 aromatic rings. The van der Waals surface area contributed by atoms with Crippen molar-refractivity contribution in [2.75, 3.05) is 13.2 Å². The van der Waals surface area contributed by atoms with Crippen LogP contribution in [0.15, 0.2) is 57.7 Å². The van der Waals surface area contributed by atoms with E-state index in [-0.39, 0.29) is 28.3 Å². The summed E-state index contributed by atoms with van der Waals surface area (Å²) >= 11 is 0. The summed E-state index contributed by atoms with van der Waals surface area (Å²) in [4.78, 5) is 26.0.